The van der Waals surface area contributed by atoms with Crippen LogP contribution < -0.4 is 10.1 Å². The van der Waals surface area contributed by atoms with E-state index in [-0.39, 0.29) is 23.8 Å². The lowest BCUT2D eigenvalue weighted by Crippen LogP contribution is -2.39. The largest absolute Gasteiger partial charge is 0.508 e. The van der Waals surface area contributed by atoms with Crippen molar-refractivity contribution in [3.05, 3.63) is 53.9 Å². The second-order valence-corrected chi connectivity index (χ2v) is 6.87. The third-order valence-electron chi connectivity index (χ3n) is 4.90. The number of phenolic OH excluding ortho intramolecular Hbond substituents is 1. The third-order valence-corrected chi connectivity index (χ3v) is 4.90. The molecule has 2 N–H and O–H groups in total. The molecule has 1 aliphatic rings. The molecule has 1 amide bonds. The molecule has 2 aromatic rings. The van der Waals surface area contributed by atoms with Gasteiger partial charge in [0.2, 0.25) is 5.91 Å². The summed E-state index contributed by atoms with van der Waals surface area (Å²) in [5, 5.41) is 12.9. The Kier molecular flexibility index (Phi) is 6.10. The number of aromatic hydroxyl groups is 1. The summed E-state index contributed by atoms with van der Waals surface area (Å²) < 4.78 is 6.05. The van der Waals surface area contributed by atoms with Crippen LogP contribution in [0.2, 0.25) is 0 Å². The molecule has 0 spiro atoms. The molecule has 0 unspecified atom stereocenters. The number of para-hydroxylation sites is 1. The molecule has 1 aromatic heterocycles. The van der Waals surface area contributed by atoms with E-state index in [4.69, 9.17) is 4.74 Å². The quantitative estimate of drug-likeness (QED) is 0.832. The number of carbonyl (C=O) groups excluding carboxylic acids is 1. The number of rotatable bonds is 6. The zero-order valence-electron chi connectivity index (χ0n) is 15.1. The number of benzene rings is 1. The summed E-state index contributed by atoms with van der Waals surface area (Å²) >= 11 is 0. The molecular weight excluding hydrogens is 328 g/mol. The van der Waals surface area contributed by atoms with Crippen LogP contribution in [-0.2, 0) is 11.2 Å². The van der Waals surface area contributed by atoms with Crippen molar-refractivity contribution in [1.82, 2.24) is 10.3 Å². The fourth-order valence-corrected chi connectivity index (χ4v) is 3.37. The maximum atomic E-state index is 12.2. The Bertz CT molecular complexity index is 740. The van der Waals surface area contributed by atoms with Gasteiger partial charge >= 0.3 is 0 Å². The highest BCUT2D eigenvalue weighted by atomic mass is 16.5. The summed E-state index contributed by atoms with van der Waals surface area (Å²) in [4.78, 5) is 16.4. The molecule has 1 fully saturated rings. The molecule has 138 valence electrons. The van der Waals surface area contributed by atoms with Gasteiger partial charge in [0, 0.05) is 18.7 Å². The van der Waals surface area contributed by atoms with Crippen LogP contribution >= 0.6 is 0 Å². The molecule has 0 atom stereocenters. The monoisotopic (exact) mass is 354 g/mol. The molecule has 1 aromatic carbocycles. The lowest BCUT2D eigenvalue weighted by Gasteiger charge is -2.29. The number of pyridine rings is 1. The van der Waals surface area contributed by atoms with E-state index in [2.05, 4.69) is 10.3 Å². The fraction of sp³-hybridized carbons (Fsp3) is 0.429. The second kappa shape index (κ2) is 8.70. The van der Waals surface area contributed by atoms with Crippen LogP contribution in [0.4, 0.5) is 0 Å². The molecule has 0 aliphatic heterocycles. The van der Waals surface area contributed by atoms with Crippen molar-refractivity contribution >= 4 is 5.91 Å². The maximum Gasteiger partial charge on any atom is 0.220 e. The number of nitrogens with one attached hydrogen (secondary N) is 1. The third kappa shape index (κ3) is 4.97. The second-order valence-electron chi connectivity index (χ2n) is 6.87. The van der Waals surface area contributed by atoms with Crippen molar-refractivity contribution in [1.29, 1.82) is 0 Å². The number of ether oxygens (including phenoxy) is 1. The summed E-state index contributed by atoms with van der Waals surface area (Å²) in [6.07, 6.45) is 6.60. The molecule has 0 radical (unpaired) electrons. The van der Waals surface area contributed by atoms with Crippen molar-refractivity contribution in [2.24, 2.45) is 0 Å². The first-order valence-electron chi connectivity index (χ1n) is 9.26. The predicted molar refractivity (Wildman–Crippen MR) is 100 cm³/mol. The Morgan fingerprint density at radius 2 is 1.96 bits per heavy atom. The highest BCUT2D eigenvalue weighted by Gasteiger charge is 2.24. The van der Waals surface area contributed by atoms with E-state index in [1.807, 2.05) is 31.2 Å². The molecule has 5 heteroatoms. The molecule has 1 heterocycles. The fourth-order valence-electron chi connectivity index (χ4n) is 3.37. The van der Waals surface area contributed by atoms with Gasteiger partial charge in [0.25, 0.3) is 0 Å². The molecule has 3 rings (SSSR count). The van der Waals surface area contributed by atoms with Crippen LogP contribution in [0.1, 0.15) is 43.4 Å². The van der Waals surface area contributed by atoms with Gasteiger partial charge in [0.15, 0.2) is 0 Å². The first-order valence-corrected chi connectivity index (χ1v) is 9.26. The zero-order valence-corrected chi connectivity index (χ0v) is 15.1. The summed E-state index contributed by atoms with van der Waals surface area (Å²) in [5.74, 6) is 1.15. The minimum atomic E-state index is 0.0423. The van der Waals surface area contributed by atoms with E-state index in [1.54, 1.807) is 18.3 Å². The number of carbonyl (C=O) groups is 1. The van der Waals surface area contributed by atoms with Crippen LogP contribution in [0.25, 0.3) is 0 Å². The van der Waals surface area contributed by atoms with Crippen LogP contribution in [0.15, 0.2) is 42.6 Å². The van der Waals surface area contributed by atoms with Gasteiger partial charge in [-0.15, -0.1) is 0 Å². The van der Waals surface area contributed by atoms with Crippen molar-refractivity contribution in [3.63, 3.8) is 0 Å². The van der Waals surface area contributed by atoms with Crippen LogP contribution in [0.3, 0.4) is 0 Å². The molecular formula is C21H26N2O3. The average molecular weight is 354 g/mol. The summed E-state index contributed by atoms with van der Waals surface area (Å²) in [5.41, 5.74) is 1.72. The number of amides is 1. The van der Waals surface area contributed by atoms with Gasteiger partial charge in [-0.3, -0.25) is 9.78 Å². The first kappa shape index (κ1) is 18.2. The lowest BCUT2D eigenvalue weighted by atomic mass is 9.92. The van der Waals surface area contributed by atoms with Crippen LogP contribution in [0.5, 0.6) is 11.5 Å². The first-order chi connectivity index (χ1) is 12.6. The van der Waals surface area contributed by atoms with Gasteiger partial charge in [-0.05, 0) is 62.8 Å². The van der Waals surface area contributed by atoms with Crippen LogP contribution in [0, 0.1) is 6.92 Å². The topological polar surface area (TPSA) is 71.5 Å². The van der Waals surface area contributed by atoms with E-state index in [9.17, 15) is 9.90 Å². The molecule has 0 bridgehead atoms. The highest BCUT2D eigenvalue weighted by Crippen LogP contribution is 2.25. The van der Waals surface area contributed by atoms with Gasteiger partial charge in [-0.25, -0.2) is 0 Å². The van der Waals surface area contributed by atoms with Crippen LogP contribution in [-0.4, -0.2) is 28.1 Å². The maximum absolute atomic E-state index is 12.2. The summed E-state index contributed by atoms with van der Waals surface area (Å²) in [7, 11) is 0. The number of phenols is 1. The van der Waals surface area contributed by atoms with Crippen molar-refractivity contribution in [3.8, 4) is 11.5 Å². The SMILES string of the molecule is Cc1ncccc1OC1CCC(NC(=O)CCc2ccccc2O)CC1. The normalized spacial score (nSPS) is 19.7. The highest BCUT2D eigenvalue weighted by molar-refractivity contribution is 5.76. The Hall–Kier alpha value is -2.56. The van der Waals surface area contributed by atoms with E-state index >= 15 is 0 Å². The Morgan fingerprint density at radius 3 is 2.69 bits per heavy atom. The number of nitrogens with zero attached hydrogens (tertiary/aromatic N) is 1. The zero-order chi connectivity index (χ0) is 18.4. The molecule has 1 saturated carbocycles. The van der Waals surface area contributed by atoms with E-state index in [1.165, 1.54) is 0 Å². The van der Waals surface area contributed by atoms with E-state index in [0.29, 0.717) is 12.8 Å². The van der Waals surface area contributed by atoms with Crippen molar-refractivity contribution in [2.45, 2.75) is 57.6 Å². The average Bonchev–Trinajstić information content (AvgIpc) is 2.64. The number of aryl methyl sites for hydroxylation is 2. The van der Waals surface area contributed by atoms with Gasteiger partial charge in [0.1, 0.15) is 11.5 Å². The molecule has 5 nitrogen and oxygen atoms in total. The number of hydrogen-bond donors (Lipinski definition) is 2. The summed E-state index contributed by atoms with van der Waals surface area (Å²) in [6.45, 7) is 1.95. The van der Waals surface area contributed by atoms with Gasteiger partial charge in [0.05, 0.1) is 11.8 Å². The van der Waals surface area contributed by atoms with Crippen molar-refractivity contribution in [2.75, 3.05) is 0 Å². The van der Waals surface area contributed by atoms with Gasteiger partial charge in [-0.2, -0.15) is 0 Å². The Morgan fingerprint density at radius 1 is 1.19 bits per heavy atom. The molecule has 26 heavy (non-hydrogen) atoms. The summed E-state index contributed by atoms with van der Waals surface area (Å²) in [6, 6.07) is 11.2. The minimum absolute atomic E-state index is 0.0423. The Labute approximate surface area is 154 Å². The standard InChI is InChI=1S/C21H26N2O3/c1-15-20(7-4-14-22-15)26-18-11-9-17(10-12-18)23-21(25)13-8-16-5-2-3-6-19(16)24/h2-7,14,17-18,24H,8-13H2,1H3,(H,23,25). The molecule has 0 saturated heterocycles. The lowest BCUT2D eigenvalue weighted by molar-refractivity contribution is -0.122. The van der Waals surface area contributed by atoms with Gasteiger partial charge in [-0.1, -0.05) is 18.2 Å². The molecule has 1 aliphatic carbocycles. The van der Waals surface area contributed by atoms with E-state index in [0.717, 1.165) is 42.7 Å². The minimum Gasteiger partial charge on any atom is -0.508 e. The number of hydrogen-bond acceptors (Lipinski definition) is 4. The van der Waals surface area contributed by atoms with Crippen molar-refractivity contribution < 1.29 is 14.6 Å². The number of aromatic nitrogens is 1. The van der Waals surface area contributed by atoms with E-state index < -0.39 is 0 Å². The smallest absolute Gasteiger partial charge is 0.220 e. The predicted octanol–water partition coefficient (Wildman–Crippen LogP) is 3.53. The van der Waals surface area contributed by atoms with Gasteiger partial charge < -0.3 is 15.2 Å². The Balaban J connectivity index is 1.40.